The number of carbonyl (C=O) groups excluding carboxylic acids is 1. The first-order valence-electron chi connectivity index (χ1n) is 6.46. The van der Waals surface area contributed by atoms with Gasteiger partial charge in [-0.2, -0.15) is 4.31 Å². The number of hydrogen-bond acceptors (Lipinski definition) is 4. The Morgan fingerprint density at radius 2 is 1.86 bits per heavy atom. The number of urea groups is 1. The van der Waals surface area contributed by atoms with Crippen LogP contribution in [-0.4, -0.2) is 68.8 Å². The minimum atomic E-state index is -3.48. The van der Waals surface area contributed by atoms with E-state index < -0.39 is 10.0 Å². The highest BCUT2D eigenvalue weighted by Crippen LogP contribution is 2.31. The lowest BCUT2D eigenvalue weighted by molar-refractivity contribution is 0.149. The standard InChI is InChI=1S/C12H18BrN3O3S2/c1-9-10(8-11(13)20-9)21(18,19)16-6-4-15(5-7-16)12(17)14(2)3/h8H,4-7H2,1-3H3. The van der Waals surface area contributed by atoms with Gasteiger partial charge in [0.2, 0.25) is 10.0 Å². The number of sulfonamides is 1. The van der Waals surface area contributed by atoms with E-state index in [1.807, 2.05) is 0 Å². The molecule has 21 heavy (non-hydrogen) atoms. The van der Waals surface area contributed by atoms with E-state index in [1.165, 1.54) is 20.5 Å². The molecule has 6 nitrogen and oxygen atoms in total. The van der Waals surface area contributed by atoms with Crippen LogP contribution in [-0.2, 0) is 10.0 Å². The summed E-state index contributed by atoms with van der Waals surface area (Å²) in [7, 11) is -0.0948. The summed E-state index contributed by atoms with van der Waals surface area (Å²) in [5.74, 6) is 0. The summed E-state index contributed by atoms with van der Waals surface area (Å²) in [6, 6.07) is 1.56. The fourth-order valence-electron chi connectivity index (χ4n) is 2.23. The van der Waals surface area contributed by atoms with Gasteiger partial charge >= 0.3 is 6.03 Å². The van der Waals surface area contributed by atoms with Crippen LogP contribution in [0.25, 0.3) is 0 Å². The van der Waals surface area contributed by atoms with Gasteiger partial charge in [-0.15, -0.1) is 11.3 Å². The minimum absolute atomic E-state index is 0.0819. The molecule has 1 fully saturated rings. The maximum Gasteiger partial charge on any atom is 0.319 e. The Bertz CT molecular complexity index is 634. The molecule has 0 radical (unpaired) electrons. The van der Waals surface area contributed by atoms with E-state index >= 15 is 0 Å². The van der Waals surface area contributed by atoms with Gasteiger partial charge in [-0.25, -0.2) is 13.2 Å². The van der Waals surface area contributed by atoms with Gasteiger partial charge in [0, 0.05) is 45.2 Å². The molecule has 0 aliphatic carbocycles. The van der Waals surface area contributed by atoms with Gasteiger partial charge in [-0.1, -0.05) is 0 Å². The van der Waals surface area contributed by atoms with Crippen molar-refractivity contribution in [3.63, 3.8) is 0 Å². The molecule has 2 heterocycles. The molecule has 0 saturated carbocycles. The molecule has 1 saturated heterocycles. The Labute approximate surface area is 137 Å². The Morgan fingerprint density at radius 1 is 1.29 bits per heavy atom. The molecular formula is C12H18BrN3O3S2. The lowest BCUT2D eigenvalue weighted by Gasteiger charge is -2.35. The van der Waals surface area contributed by atoms with E-state index in [4.69, 9.17) is 0 Å². The SMILES string of the molecule is Cc1sc(Br)cc1S(=O)(=O)N1CCN(C(=O)N(C)C)CC1. The quantitative estimate of drug-likeness (QED) is 0.766. The van der Waals surface area contributed by atoms with Gasteiger partial charge < -0.3 is 9.80 Å². The maximum absolute atomic E-state index is 12.6. The van der Waals surface area contributed by atoms with Crippen LogP contribution in [0.2, 0.25) is 0 Å². The van der Waals surface area contributed by atoms with Gasteiger partial charge in [-0.3, -0.25) is 0 Å². The number of piperazine rings is 1. The lowest BCUT2D eigenvalue weighted by atomic mass is 10.4. The molecule has 0 atom stereocenters. The highest BCUT2D eigenvalue weighted by Gasteiger charge is 2.32. The van der Waals surface area contributed by atoms with Crippen LogP contribution in [0.4, 0.5) is 4.79 Å². The van der Waals surface area contributed by atoms with Gasteiger partial charge in [0.05, 0.1) is 8.68 Å². The van der Waals surface area contributed by atoms with Crippen LogP contribution in [0, 0.1) is 6.92 Å². The van der Waals surface area contributed by atoms with E-state index in [0.29, 0.717) is 31.1 Å². The number of thiophene rings is 1. The molecule has 0 aromatic carbocycles. The number of nitrogens with zero attached hydrogens (tertiary/aromatic N) is 3. The van der Waals surface area contributed by atoms with Crippen molar-refractivity contribution in [2.75, 3.05) is 40.3 Å². The fourth-order valence-corrected chi connectivity index (χ4v) is 6.03. The van der Waals surface area contributed by atoms with Gasteiger partial charge in [0.15, 0.2) is 0 Å². The van der Waals surface area contributed by atoms with E-state index in [1.54, 1.807) is 32.0 Å². The molecule has 1 aromatic heterocycles. The van der Waals surface area contributed by atoms with Gasteiger partial charge in [-0.05, 0) is 28.9 Å². The normalized spacial score (nSPS) is 17.0. The molecule has 2 rings (SSSR count). The summed E-state index contributed by atoms with van der Waals surface area (Å²) in [5.41, 5.74) is 0. The smallest absolute Gasteiger partial charge is 0.319 e. The predicted molar refractivity (Wildman–Crippen MR) is 86.2 cm³/mol. The average Bonchev–Trinajstić information content (AvgIpc) is 2.77. The molecule has 1 aromatic rings. The zero-order valence-electron chi connectivity index (χ0n) is 12.2. The molecule has 0 bridgehead atoms. The number of aryl methyl sites for hydroxylation is 1. The molecular weight excluding hydrogens is 378 g/mol. The first-order valence-corrected chi connectivity index (χ1v) is 9.50. The highest BCUT2D eigenvalue weighted by atomic mass is 79.9. The van der Waals surface area contributed by atoms with Crippen LogP contribution in [0.3, 0.4) is 0 Å². The zero-order valence-corrected chi connectivity index (χ0v) is 15.4. The third-order valence-corrected chi connectivity index (χ3v) is 7.06. The summed E-state index contributed by atoms with van der Waals surface area (Å²) in [5, 5.41) is 0. The first kappa shape index (κ1) is 16.7. The summed E-state index contributed by atoms with van der Waals surface area (Å²) in [6.45, 7) is 3.29. The van der Waals surface area contributed by atoms with E-state index in [0.717, 1.165) is 8.66 Å². The van der Waals surface area contributed by atoms with Crippen molar-refractivity contribution in [3.8, 4) is 0 Å². The van der Waals surface area contributed by atoms with E-state index in [9.17, 15) is 13.2 Å². The van der Waals surface area contributed by atoms with Gasteiger partial charge in [0.25, 0.3) is 0 Å². The van der Waals surface area contributed by atoms with Crippen molar-refractivity contribution in [3.05, 3.63) is 14.7 Å². The number of hydrogen-bond donors (Lipinski definition) is 0. The van der Waals surface area contributed by atoms with E-state index in [-0.39, 0.29) is 6.03 Å². The zero-order chi connectivity index (χ0) is 15.8. The third kappa shape index (κ3) is 3.41. The largest absolute Gasteiger partial charge is 0.331 e. The Balaban J connectivity index is 2.11. The van der Waals surface area contributed by atoms with Crippen LogP contribution < -0.4 is 0 Å². The molecule has 1 aliphatic heterocycles. The minimum Gasteiger partial charge on any atom is -0.331 e. The second-order valence-electron chi connectivity index (χ2n) is 5.04. The lowest BCUT2D eigenvalue weighted by Crippen LogP contribution is -2.52. The second-order valence-corrected chi connectivity index (χ2v) is 9.58. The third-order valence-electron chi connectivity index (χ3n) is 3.35. The molecule has 0 spiro atoms. The average molecular weight is 396 g/mol. The van der Waals surface area contributed by atoms with E-state index in [2.05, 4.69) is 15.9 Å². The molecule has 0 unspecified atom stereocenters. The van der Waals surface area contributed by atoms with Gasteiger partial charge in [0.1, 0.15) is 0 Å². The second kappa shape index (κ2) is 6.23. The Kier molecular flexibility index (Phi) is 4.96. The Hall–Kier alpha value is -0.640. The predicted octanol–water partition coefficient (Wildman–Crippen LogP) is 1.81. The van der Waals surface area contributed by atoms with Crippen molar-refractivity contribution < 1.29 is 13.2 Å². The molecule has 2 amide bonds. The molecule has 0 N–H and O–H groups in total. The van der Waals surface area contributed by atoms with Crippen molar-refractivity contribution in [2.24, 2.45) is 0 Å². The number of rotatable bonds is 2. The summed E-state index contributed by atoms with van der Waals surface area (Å²) < 4.78 is 27.5. The molecule has 9 heteroatoms. The van der Waals surface area contributed by atoms with Crippen molar-refractivity contribution in [1.82, 2.24) is 14.1 Å². The van der Waals surface area contributed by atoms with Crippen LogP contribution >= 0.6 is 27.3 Å². The molecule has 1 aliphatic rings. The summed E-state index contributed by atoms with van der Waals surface area (Å²) in [4.78, 5) is 16.2. The maximum atomic E-state index is 12.6. The van der Waals surface area contributed by atoms with Crippen LogP contribution in [0.5, 0.6) is 0 Å². The van der Waals surface area contributed by atoms with Crippen molar-refractivity contribution in [1.29, 1.82) is 0 Å². The van der Waals surface area contributed by atoms with Crippen molar-refractivity contribution in [2.45, 2.75) is 11.8 Å². The summed E-state index contributed by atoms with van der Waals surface area (Å²) >= 11 is 4.73. The van der Waals surface area contributed by atoms with Crippen LogP contribution in [0.15, 0.2) is 14.7 Å². The van der Waals surface area contributed by atoms with Crippen LogP contribution in [0.1, 0.15) is 4.88 Å². The monoisotopic (exact) mass is 395 g/mol. The number of amides is 2. The number of halogens is 1. The number of carbonyl (C=O) groups is 1. The fraction of sp³-hybridized carbons (Fsp3) is 0.583. The molecule has 118 valence electrons. The van der Waals surface area contributed by atoms with Crippen molar-refractivity contribution >= 4 is 43.3 Å². The first-order chi connectivity index (χ1) is 9.73. The topological polar surface area (TPSA) is 60.9 Å². The Morgan fingerprint density at radius 3 is 2.29 bits per heavy atom. The highest BCUT2D eigenvalue weighted by molar-refractivity contribution is 9.11. The summed E-state index contributed by atoms with van der Waals surface area (Å²) in [6.07, 6.45) is 0.